The average Bonchev–Trinajstić information content (AvgIpc) is 2.65. The second kappa shape index (κ2) is 7.38. The second-order valence-corrected chi connectivity index (χ2v) is 7.01. The number of carbonyl (C=O) groups is 1. The fourth-order valence-electron chi connectivity index (χ4n) is 2.70. The highest BCUT2D eigenvalue weighted by Gasteiger charge is 2.55. The van der Waals surface area contributed by atoms with Crippen LogP contribution in [0.4, 0.5) is 13.2 Å². The summed E-state index contributed by atoms with van der Waals surface area (Å²) in [5, 5.41) is 0. The monoisotopic (exact) mass is 440 g/mol. The van der Waals surface area contributed by atoms with Crippen LogP contribution in [-0.2, 0) is 0 Å². The van der Waals surface area contributed by atoms with Crippen molar-refractivity contribution in [3.05, 3.63) is 64.1 Å². The standard InChI is InChI=1S/C20H16BrF3O3/c1-2-19(20(22,23)24)10-9-14-11-16(7-8-18(14)27-19)26-12-17(25)13-3-5-15(21)6-4-13/h3-11H,2,12H2,1H3. The van der Waals surface area contributed by atoms with Crippen molar-refractivity contribution < 1.29 is 27.4 Å². The van der Waals surface area contributed by atoms with E-state index in [2.05, 4.69) is 15.9 Å². The molecule has 3 nitrogen and oxygen atoms in total. The summed E-state index contributed by atoms with van der Waals surface area (Å²) in [6.45, 7) is 1.25. The molecule has 1 heterocycles. The van der Waals surface area contributed by atoms with Gasteiger partial charge in [-0.25, -0.2) is 0 Å². The van der Waals surface area contributed by atoms with Gasteiger partial charge in [0.25, 0.3) is 0 Å². The van der Waals surface area contributed by atoms with Crippen molar-refractivity contribution in [2.45, 2.75) is 25.1 Å². The third kappa shape index (κ3) is 4.03. The van der Waals surface area contributed by atoms with Crippen LogP contribution < -0.4 is 9.47 Å². The molecule has 0 radical (unpaired) electrons. The molecular weight excluding hydrogens is 425 g/mol. The van der Waals surface area contributed by atoms with Crippen molar-refractivity contribution >= 4 is 27.8 Å². The van der Waals surface area contributed by atoms with Crippen molar-refractivity contribution in [1.82, 2.24) is 0 Å². The lowest BCUT2D eigenvalue weighted by Crippen LogP contribution is -2.49. The van der Waals surface area contributed by atoms with E-state index in [9.17, 15) is 18.0 Å². The largest absolute Gasteiger partial charge is 0.485 e. The van der Waals surface area contributed by atoms with Gasteiger partial charge in [0.2, 0.25) is 5.60 Å². The van der Waals surface area contributed by atoms with Gasteiger partial charge in [0.1, 0.15) is 11.5 Å². The number of alkyl halides is 3. The SMILES string of the molecule is CCC1(C(F)(F)F)C=Cc2cc(OCC(=O)c3ccc(Br)cc3)ccc2O1. The van der Waals surface area contributed by atoms with Crippen LogP contribution in [0.25, 0.3) is 6.08 Å². The summed E-state index contributed by atoms with van der Waals surface area (Å²) in [4.78, 5) is 12.1. The summed E-state index contributed by atoms with van der Waals surface area (Å²) in [7, 11) is 0. The Labute approximate surface area is 162 Å². The zero-order valence-electron chi connectivity index (χ0n) is 14.3. The first kappa shape index (κ1) is 19.5. The Morgan fingerprint density at radius 3 is 2.52 bits per heavy atom. The summed E-state index contributed by atoms with van der Waals surface area (Å²) in [6, 6.07) is 11.3. The van der Waals surface area contributed by atoms with Gasteiger partial charge in [-0.1, -0.05) is 41.1 Å². The lowest BCUT2D eigenvalue weighted by Gasteiger charge is -2.35. The van der Waals surface area contributed by atoms with Gasteiger partial charge in [-0.05, 0) is 42.8 Å². The van der Waals surface area contributed by atoms with Gasteiger partial charge >= 0.3 is 6.18 Å². The molecule has 1 atom stereocenters. The Morgan fingerprint density at radius 1 is 1.19 bits per heavy atom. The number of hydrogen-bond donors (Lipinski definition) is 0. The number of benzene rings is 2. The van der Waals surface area contributed by atoms with Crippen LogP contribution in [0.3, 0.4) is 0 Å². The topological polar surface area (TPSA) is 35.5 Å². The molecule has 1 aliphatic rings. The summed E-state index contributed by atoms with van der Waals surface area (Å²) in [6.07, 6.45) is -2.35. The third-order valence-corrected chi connectivity index (χ3v) is 4.88. The first-order valence-electron chi connectivity index (χ1n) is 8.25. The van der Waals surface area contributed by atoms with Crippen molar-refractivity contribution in [3.8, 4) is 11.5 Å². The Balaban J connectivity index is 1.72. The van der Waals surface area contributed by atoms with Gasteiger partial charge in [-0.3, -0.25) is 4.79 Å². The number of halogens is 4. The molecule has 0 fully saturated rings. The molecule has 2 aromatic rings. The Hall–Kier alpha value is -2.28. The van der Waals surface area contributed by atoms with E-state index in [1.54, 1.807) is 30.3 Å². The van der Waals surface area contributed by atoms with E-state index in [1.165, 1.54) is 25.1 Å². The number of ketones is 1. The molecular formula is C20H16BrF3O3. The molecule has 27 heavy (non-hydrogen) atoms. The molecule has 7 heteroatoms. The highest BCUT2D eigenvalue weighted by atomic mass is 79.9. The van der Waals surface area contributed by atoms with E-state index in [1.807, 2.05) is 0 Å². The molecule has 142 valence electrons. The van der Waals surface area contributed by atoms with Gasteiger partial charge in [-0.15, -0.1) is 0 Å². The van der Waals surface area contributed by atoms with E-state index in [0.717, 1.165) is 10.5 Å². The molecule has 0 spiro atoms. The van der Waals surface area contributed by atoms with Gasteiger partial charge in [0.15, 0.2) is 12.4 Å². The van der Waals surface area contributed by atoms with Crippen LogP contribution in [0.5, 0.6) is 11.5 Å². The molecule has 0 N–H and O–H groups in total. The molecule has 1 unspecified atom stereocenters. The minimum absolute atomic E-state index is 0.128. The van der Waals surface area contributed by atoms with Crippen LogP contribution in [0.2, 0.25) is 0 Å². The fraction of sp³-hybridized carbons (Fsp3) is 0.250. The van der Waals surface area contributed by atoms with Crippen molar-refractivity contribution in [2.24, 2.45) is 0 Å². The predicted molar refractivity (Wildman–Crippen MR) is 99.1 cm³/mol. The van der Waals surface area contributed by atoms with Gasteiger partial charge in [0.05, 0.1) is 0 Å². The van der Waals surface area contributed by atoms with Crippen molar-refractivity contribution in [2.75, 3.05) is 6.61 Å². The molecule has 1 aliphatic heterocycles. The van der Waals surface area contributed by atoms with E-state index >= 15 is 0 Å². The highest BCUT2D eigenvalue weighted by Crippen LogP contribution is 2.43. The van der Waals surface area contributed by atoms with Crippen LogP contribution in [0.15, 0.2) is 53.0 Å². The quantitative estimate of drug-likeness (QED) is 0.548. The van der Waals surface area contributed by atoms with E-state index in [-0.39, 0.29) is 24.6 Å². The van der Waals surface area contributed by atoms with E-state index in [0.29, 0.717) is 16.9 Å². The smallest absolute Gasteiger partial charge is 0.432 e. The van der Waals surface area contributed by atoms with E-state index < -0.39 is 11.8 Å². The third-order valence-electron chi connectivity index (χ3n) is 4.35. The van der Waals surface area contributed by atoms with Crippen LogP contribution >= 0.6 is 15.9 Å². The Morgan fingerprint density at radius 2 is 1.89 bits per heavy atom. The molecule has 0 saturated heterocycles. The fourth-order valence-corrected chi connectivity index (χ4v) is 2.97. The molecule has 0 aromatic heterocycles. The Bertz CT molecular complexity index is 875. The van der Waals surface area contributed by atoms with Crippen molar-refractivity contribution in [3.63, 3.8) is 0 Å². The minimum atomic E-state index is -4.51. The van der Waals surface area contributed by atoms with Gasteiger partial charge in [0, 0.05) is 15.6 Å². The minimum Gasteiger partial charge on any atom is -0.485 e. The normalized spacial score (nSPS) is 18.6. The number of rotatable bonds is 5. The Kier molecular flexibility index (Phi) is 5.33. The second-order valence-electron chi connectivity index (χ2n) is 6.09. The average molecular weight is 441 g/mol. The summed E-state index contributed by atoms with van der Waals surface area (Å²) in [5.74, 6) is 0.306. The lowest BCUT2D eigenvalue weighted by atomic mass is 9.95. The first-order chi connectivity index (χ1) is 12.7. The van der Waals surface area contributed by atoms with Gasteiger partial charge < -0.3 is 9.47 Å². The number of Topliss-reactive ketones (excluding diaryl/α,β-unsaturated/α-hetero) is 1. The maximum absolute atomic E-state index is 13.3. The van der Waals surface area contributed by atoms with E-state index in [4.69, 9.17) is 9.47 Å². The summed E-state index contributed by atoms with van der Waals surface area (Å²) >= 11 is 3.30. The van der Waals surface area contributed by atoms with Crippen LogP contribution in [0.1, 0.15) is 29.3 Å². The maximum atomic E-state index is 13.3. The maximum Gasteiger partial charge on any atom is 0.432 e. The molecule has 0 amide bonds. The van der Waals surface area contributed by atoms with Gasteiger partial charge in [-0.2, -0.15) is 13.2 Å². The first-order valence-corrected chi connectivity index (χ1v) is 9.04. The van der Waals surface area contributed by atoms with Crippen LogP contribution in [-0.4, -0.2) is 24.2 Å². The van der Waals surface area contributed by atoms with Crippen molar-refractivity contribution in [1.29, 1.82) is 0 Å². The van der Waals surface area contributed by atoms with Crippen LogP contribution in [0, 0.1) is 0 Å². The highest BCUT2D eigenvalue weighted by molar-refractivity contribution is 9.10. The molecule has 0 bridgehead atoms. The number of ether oxygens (including phenoxy) is 2. The zero-order valence-corrected chi connectivity index (χ0v) is 15.9. The molecule has 0 saturated carbocycles. The predicted octanol–water partition coefficient (Wildman–Crippen LogP) is 5.83. The number of carbonyl (C=O) groups excluding carboxylic acids is 1. The lowest BCUT2D eigenvalue weighted by molar-refractivity contribution is -0.230. The number of fused-ring (bicyclic) bond motifs is 1. The zero-order chi connectivity index (χ0) is 19.7. The molecule has 2 aromatic carbocycles. The molecule has 3 rings (SSSR count). The summed E-state index contributed by atoms with van der Waals surface area (Å²) in [5.41, 5.74) is -1.34. The number of hydrogen-bond acceptors (Lipinski definition) is 3. The summed E-state index contributed by atoms with van der Waals surface area (Å²) < 4.78 is 51.6. The molecule has 0 aliphatic carbocycles.